The van der Waals surface area contributed by atoms with Gasteiger partial charge in [0.1, 0.15) is 17.8 Å². The molecule has 164 valence electrons. The predicted octanol–water partition coefficient (Wildman–Crippen LogP) is 3.27. The first kappa shape index (κ1) is 21.2. The standard InChI is InChI=1S/C21H16F3N5O3/c1-12-5-6-28-18(7-12)27-15(8-19(28)30)11-32-20(31)16-10-26-29(13(16)2)17-4-3-14(9-25-17)21(22,23)24/h3-10H,11H2,1-2H3. The smallest absolute Gasteiger partial charge is 0.417 e. The van der Waals surface area contributed by atoms with Crippen LogP contribution in [-0.2, 0) is 17.5 Å². The van der Waals surface area contributed by atoms with Crippen molar-refractivity contribution in [2.24, 2.45) is 0 Å². The topological polar surface area (TPSA) is 91.4 Å². The fraction of sp³-hybridized carbons (Fsp3) is 0.190. The first-order chi connectivity index (χ1) is 15.1. The second-order valence-electron chi connectivity index (χ2n) is 7.05. The summed E-state index contributed by atoms with van der Waals surface area (Å²) in [6, 6.07) is 6.83. The van der Waals surface area contributed by atoms with Gasteiger partial charge in [-0.25, -0.2) is 19.4 Å². The molecule has 0 aliphatic heterocycles. The van der Waals surface area contributed by atoms with Crippen molar-refractivity contribution in [2.45, 2.75) is 26.6 Å². The van der Waals surface area contributed by atoms with E-state index < -0.39 is 17.7 Å². The lowest BCUT2D eigenvalue weighted by atomic mass is 10.2. The van der Waals surface area contributed by atoms with E-state index in [1.165, 1.54) is 21.3 Å². The van der Waals surface area contributed by atoms with E-state index in [1.54, 1.807) is 25.3 Å². The zero-order chi connectivity index (χ0) is 23.0. The highest BCUT2D eigenvalue weighted by Crippen LogP contribution is 2.28. The molecule has 32 heavy (non-hydrogen) atoms. The molecule has 4 heterocycles. The highest BCUT2D eigenvalue weighted by atomic mass is 19.4. The van der Waals surface area contributed by atoms with Gasteiger partial charge in [-0.05, 0) is 43.7 Å². The molecule has 0 aliphatic carbocycles. The van der Waals surface area contributed by atoms with Crippen LogP contribution in [-0.4, -0.2) is 30.1 Å². The number of ether oxygens (including phenoxy) is 1. The predicted molar refractivity (Wildman–Crippen MR) is 106 cm³/mol. The molecule has 0 aliphatic rings. The van der Waals surface area contributed by atoms with E-state index >= 15 is 0 Å². The van der Waals surface area contributed by atoms with E-state index in [1.807, 2.05) is 6.92 Å². The van der Waals surface area contributed by atoms with Crippen LogP contribution in [0.2, 0.25) is 0 Å². The molecule has 0 radical (unpaired) electrons. The molecule has 0 fully saturated rings. The molecule has 0 amide bonds. The van der Waals surface area contributed by atoms with Gasteiger partial charge in [-0.2, -0.15) is 18.3 Å². The number of pyridine rings is 2. The highest BCUT2D eigenvalue weighted by Gasteiger charge is 2.31. The highest BCUT2D eigenvalue weighted by molar-refractivity contribution is 5.90. The number of esters is 1. The molecule has 0 aromatic carbocycles. The van der Waals surface area contributed by atoms with E-state index in [-0.39, 0.29) is 29.2 Å². The molecule has 0 N–H and O–H groups in total. The molecule has 4 aromatic heterocycles. The number of rotatable bonds is 4. The Bertz CT molecular complexity index is 1370. The summed E-state index contributed by atoms with van der Waals surface area (Å²) in [7, 11) is 0. The minimum absolute atomic E-state index is 0.111. The summed E-state index contributed by atoms with van der Waals surface area (Å²) >= 11 is 0. The van der Waals surface area contributed by atoms with Crippen LogP contribution in [0.5, 0.6) is 0 Å². The van der Waals surface area contributed by atoms with Crippen LogP contribution in [0.3, 0.4) is 0 Å². The van der Waals surface area contributed by atoms with Gasteiger partial charge in [-0.15, -0.1) is 0 Å². The minimum atomic E-state index is -4.50. The maximum absolute atomic E-state index is 12.7. The summed E-state index contributed by atoms with van der Waals surface area (Å²) in [6.07, 6.45) is -0.955. The van der Waals surface area contributed by atoms with E-state index in [0.717, 1.165) is 17.7 Å². The van der Waals surface area contributed by atoms with Gasteiger partial charge in [0.05, 0.1) is 23.1 Å². The molecular weight excluding hydrogens is 427 g/mol. The van der Waals surface area contributed by atoms with Crippen molar-refractivity contribution in [3.8, 4) is 5.82 Å². The average Bonchev–Trinajstić information content (AvgIpc) is 3.12. The summed E-state index contributed by atoms with van der Waals surface area (Å²) in [6.45, 7) is 3.19. The van der Waals surface area contributed by atoms with Gasteiger partial charge < -0.3 is 4.74 Å². The largest absolute Gasteiger partial charge is 0.455 e. The number of halogens is 3. The molecule has 8 nitrogen and oxygen atoms in total. The van der Waals surface area contributed by atoms with Crippen molar-refractivity contribution in [3.05, 3.63) is 87.4 Å². The Hall–Kier alpha value is -4.02. The number of hydrogen-bond acceptors (Lipinski definition) is 6. The molecule has 0 saturated heterocycles. The average molecular weight is 443 g/mol. The molecule has 0 bridgehead atoms. The molecule has 11 heteroatoms. The molecular formula is C21H16F3N5O3. The van der Waals surface area contributed by atoms with E-state index in [2.05, 4.69) is 15.1 Å². The van der Waals surface area contributed by atoms with Crippen LogP contribution < -0.4 is 5.56 Å². The Labute approximate surface area is 178 Å². The number of carbonyl (C=O) groups is 1. The molecule has 4 aromatic rings. The second-order valence-corrected chi connectivity index (χ2v) is 7.05. The number of nitrogens with zero attached hydrogens (tertiary/aromatic N) is 5. The number of aryl methyl sites for hydroxylation is 1. The maximum atomic E-state index is 12.7. The van der Waals surface area contributed by atoms with Gasteiger partial charge in [-0.1, -0.05) is 0 Å². The maximum Gasteiger partial charge on any atom is 0.417 e. The molecule has 0 unspecified atom stereocenters. The monoisotopic (exact) mass is 443 g/mol. The fourth-order valence-corrected chi connectivity index (χ4v) is 3.06. The van der Waals surface area contributed by atoms with Crippen molar-refractivity contribution in [2.75, 3.05) is 0 Å². The summed E-state index contributed by atoms with van der Waals surface area (Å²) in [4.78, 5) is 32.8. The molecule has 4 rings (SSSR count). The van der Waals surface area contributed by atoms with Gasteiger partial charge >= 0.3 is 12.1 Å². The molecule has 0 spiro atoms. The SMILES string of the molecule is Cc1ccn2c(=O)cc(COC(=O)c3cnn(-c4ccc(C(F)(F)F)cn4)c3C)nc2c1. The van der Waals surface area contributed by atoms with Crippen molar-refractivity contribution in [1.82, 2.24) is 24.1 Å². The zero-order valence-corrected chi connectivity index (χ0v) is 16.9. The van der Waals surface area contributed by atoms with Gasteiger partial charge in [-0.3, -0.25) is 9.20 Å². The molecule has 0 saturated carbocycles. The van der Waals surface area contributed by atoms with Crippen LogP contribution in [0.15, 0.2) is 53.7 Å². The van der Waals surface area contributed by atoms with Gasteiger partial charge in [0.15, 0.2) is 5.82 Å². The number of aromatic nitrogens is 5. The third-order valence-corrected chi connectivity index (χ3v) is 4.75. The van der Waals surface area contributed by atoms with Crippen molar-refractivity contribution in [1.29, 1.82) is 0 Å². The lowest BCUT2D eigenvalue weighted by Crippen LogP contribution is -2.17. The van der Waals surface area contributed by atoms with Crippen LogP contribution in [0.1, 0.15) is 32.9 Å². The minimum Gasteiger partial charge on any atom is -0.455 e. The summed E-state index contributed by atoms with van der Waals surface area (Å²) in [5.41, 5.74) is 0.887. The Kier molecular flexibility index (Phi) is 5.25. The number of fused-ring (bicyclic) bond motifs is 1. The summed E-state index contributed by atoms with van der Waals surface area (Å²) in [5, 5.41) is 4.02. The van der Waals surface area contributed by atoms with Gasteiger partial charge in [0.25, 0.3) is 5.56 Å². The van der Waals surface area contributed by atoms with E-state index in [9.17, 15) is 22.8 Å². The lowest BCUT2D eigenvalue weighted by molar-refractivity contribution is -0.137. The third-order valence-electron chi connectivity index (χ3n) is 4.75. The first-order valence-electron chi connectivity index (χ1n) is 9.38. The zero-order valence-electron chi connectivity index (χ0n) is 16.9. The Morgan fingerprint density at radius 3 is 2.59 bits per heavy atom. The summed E-state index contributed by atoms with van der Waals surface area (Å²) in [5.74, 6) is -0.596. The van der Waals surface area contributed by atoms with Crippen molar-refractivity contribution < 1.29 is 22.7 Å². The molecule has 0 atom stereocenters. The first-order valence-corrected chi connectivity index (χ1v) is 9.38. The Morgan fingerprint density at radius 2 is 1.91 bits per heavy atom. The van der Waals surface area contributed by atoms with E-state index in [4.69, 9.17) is 4.74 Å². The van der Waals surface area contributed by atoms with Crippen LogP contribution in [0.25, 0.3) is 11.5 Å². The van der Waals surface area contributed by atoms with Crippen LogP contribution >= 0.6 is 0 Å². The van der Waals surface area contributed by atoms with Gasteiger partial charge in [0.2, 0.25) is 0 Å². The quantitative estimate of drug-likeness (QED) is 0.450. The normalized spacial score (nSPS) is 11.7. The summed E-state index contributed by atoms with van der Waals surface area (Å²) < 4.78 is 46.0. The fourth-order valence-electron chi connectivity index (χ4n) is 3.06. The Morgan fingerprint density at radius 1 is 1.12 bits per heavy atom. The number of alkyl halides is 3. The number of hydrogen-bond donors (Lipinski definition) is 0. The van der Waals surface area contributed by atoms with Crippen LogP contribution in [0, 0.1) is 13.8 Å². The Balaban J connectivity index is 1.52. The lowest BCUT2D eigenvalue weighted by Gasteiger charge is -2.08. The third kappa shape index (κ3) is 4.09. The van der Waals surface area contributed by atoms with Gasteiger partial charge in [0, 0.05) is 18.5 Å². The van der Waals surface area contributed by atoms with E-state index in [0.29, 0.717) is 17.5 Å². The number of carbonyl (C=O) groups excluding carboxylic acids is 1. The second kappa shape index (κ2) is 7.91. The van der Waals surface area contributed by atoms with Crippen LogP contribution in [0.4, 0.5) is 13.2 Å². The van der Waals surface area contributed by atoms with Crippen molar-refractivity contribution >= 4 is 11.6 Å². The van der Waals surface area contributed by atoms with Crippen molar-refractivity contribution in [3.63, 3.8) is 0 Å².